The predicted octanol–water partition coefficient (Wildman–Crippen LogP) is 4.07. The first-order valence-electron chi connectivity index (χ1n) is 10.2. The van der Waals surface area contributed by atoms with Gasteiger partial charge in [-0.1, -0.05) is 48.0 Å². The molecule has 0 atom stereocenters. The molecule has 0 saturated carbocycles. The number of rotatable bonds is 7. The van der Waals surface area contributed by atoms with Gasteiger partial charge < -0.3 is 11.1 Å². The summed E-state index contributed by atoms with van der Waals surface area (Å²) in [7, 11) is 0. The Labute approximate surface area is 176 Å². The number of nitrogens with two attached hydrogens (primary N) is 1. The van der Waals surface area contributed by atoms with E-state index in [4.69, 9.17) is 10.7 Å². The number of nitrogens with zero attached hydrogens (tertiary/aromatic N) is 2. The molecule has 5 heteroatoms. The van der Waals surface area contributed by atoms with Crippen LogP contribution in [-0.4, -0.2) is 22.0 Å². The highest BCUT2D eigenvalue weighted by Crippen LogP contribution is 2.25. The third-order valence-corrected chi connectivity index (χ3v) is 5.32. The van der Waals surface area contributed by atoms with Crippen LogP contribution in [0.3, 0.4) is 0 Å². The topological polar surface area (TPSA) is 72.9 Å². The lowest BCUT2D eigenvalue weighted by atomic mass is 10.1. The third-order valence-electron chi connectivity index (χ3n) is 5.32. The van der Waals surface area contributed by atoms with E-state index in [1.807, 2.05) is 12.1 Å². The zero-order valence-corrected chi connectivity index (χ0v) is 17.4. The fourth-order valence-corrected chi connectivity index (χ4v) is 3.80. The van der Waals surface area contributed by atoms with E-state index in [2.05, 4.69) is 66.2 Å². The van der Waals surface area contributed by atoms with Crippen molar-refractivity contribution >= 4 is 16.9 Å². The molecular formula is C25H26N4O. The molecule has 1 aromatic heterocycles. The summed E-state index contributed by atoms with van der Waals surface area (Å²) in [6.45, 7) is 5.68. The monoisotopic (exact) mass is 398 g/mol. The molecule has 152 valence electrons. The lowest BCUT2D eigenvalue weighted by Crippen LogP contribution is -2.19. The van der Waals surface area contributed by atoms with Gasteiger partial charge in [0.25, 0.3) is 0 Å². The van der Waals surface area contributed by atoms with Crippen LogP contribution in [-0.2, 0) is 13.0 Å². The van der Waals surface area contributed by atoms with E-state index < -0.39 is 5.91 Å². The maximum atomic E-state index is 11.6. The maximum absolute atomic E-state index is 11.6. The number of aromatic nitrogens is 2. The number of aryl methyl sites for hydroxylation is 2. The van der Waals surface area contributed by atoms with Crippen molar-refractivity contribution in [2.75, 3.05) is 6.54 Å². The molecule has 0 spiro atoms. The summed E-state index contributed by atoms with van der Waals surface area (Å²) in [6, 6.07) is 22.3. The van der Waals surface area contributed by atoms with Crippen molar-refractivity contribution in [3.63, 3.8) is 0 Å². The third kappa shape index (κ3) is 4.11. The molecule has 5 nitrogen and oxygen atoms in total. The van der Waals surface area contributed by atoms with Gasteiger partial charge in [0.05, 0.1) is 23.3 Å². The number of hydrogen-bond acceptors (Lipinski definition) is 3. The summed E-state index contributed by atoms with van der Waals surface area (Å²) in [5.74, 6) is 0.465. The van der Waals surface area contributed by atoms with Crippen LogP contribution in [0, 0.1) is 13.8 Å². The van der Waals surface area contributed by atoms with Crippen LogP contribution in [0.4, 0.5) is 0 Å². The summed E-state index contributed by atoms with van der Waals surface area (Å²) in [5, 5.41) is 3.51. The van der Waals surface area contributed by atoms with E-state index in [0.29, 0.717) is 12.1 Å². The Hall–Kier alpha value is -3.44. The summed E-state index contributed by atoms with van der Waals surface area (Å²) in [5.41, 5.74) is 12.5. The Balaban J connectivity index is 1.67. The molecule has 0 aliphatic heterocycles. The van der Waals surface area contributed by atoms with Gasteiger partial charge in [-0.05, 0) is 62.2 Å². The molecule has 0 unspecified atom stereocenters. The predicted molar refractivity (Wildman–Crippen MR) is 121 cm³/mol. The standard InChI is InChI=1S/C25H26N4O/c1-17-8-10-22(18(2)14-17)29-23-11-9-20(25(26)30)15-21(23)28-24(29)16-27-13-12-19-6-4-3-5-7-19/h3-11,14-15,27H,12-13,16H2,1-2H3,(H2,26,30). The minimum absolute atomic E-state index is 0.444. The van der Waals surface area contributed by atoms with E-state index >= 15 is 0 Å². The van der Waals surface area contributed by atoms with Gasteiger partial charge in [-0.2, -0.15) is 0 Å². The molecule has 1 amide bonds. The van der Waals surface area contributed by atoms with Crippen LogP contribution >= 0.6 is 0 Å². The molecular weight excluding hydrogens is 372 g/mol. The average molecular weight is 399 g/mol. The Morgan fingerprint density at radius 3 is 2.57 bits per heavy atom. The highest BCUT2D eigenvalue weighted by molar-refractivity contribution is 5.96. The first kappa shape index (κ1) is 19.9. The van der Waals surface area contributed by atoms with Crippen LogP contribution in [0.5, 0.6) is 0 Å². The maximum Gasteiger partial charge on any atom is 0.248 e. The highest BCUT2D eigenvalue weighted by atomic mass is 16.1. The van der Waals surface area contributed by atoms with Gasteiger partial charge in [0, 0.05) is 5.56 Å². The number of nitrogens with one attached hydrogen (secondary N) is 1. The zero-order valence-electron chi connectivity index (χ0n) is 17.4. The van der Waals surface area contributed by atoms with Gasteiger partial charge in [-0.15, -0.1) is 0 Å². The normalized spacial score (nSPS) is 11.1. The number of primary amides is 1. The van der Waals surface area contributed by atoms with E-state index in [9.17, 15) is 4.79 Å². The quantitative estimate of drug-likeness (QED) is 0.461. The molecule has 3 aromatic carbocycles. The second kappa shape index (κ2) is 8.51. The van der Waals surface area contributed by atoms with Gasteiger partial charge in [0.2, 0.25) is 5.91 Å². The minimum Gasteiger partial charge on any atom is -0.366 e. The lowest BCUT2D eigenvalue weighted by Gasteiger charge is -2.13. The van der Waals surface area contributed by atoms with Crippen molar-refractivity contribution in [1.29, 1.82) is 0 Å². The van der Waals surface area contributed by atoms with Gasteiger partial charge in [0.15, 0.2) is 0 Å². The van der Waals surface area contributed by atoms with E-state index in [-0.39, 0.29) is 0 Å². The fourth-order valence-electron chi connectivity index (χ4n) is 3.80. The number of imidazole rings is 1. The second-order valence-corrected chi connectivity index (χ2v) is 7.63. The number of hydrogen-bond donors (Lipinski definition) is 2. The minimum atomic E-state index is -0.444. The summed E-state index contributed by atoms with van der Waals surface area (Å²) in [6.07, 6.45) is 0.955. The van der Waals surface area contributed by atoms with Gasteiger partial charge >= 0.3 is 0 Å². The van der Waals surface area contributed by atoms with Crippen LogP contribution in [0.2, 0.25) is 0 Å². The molecule has 4 rings (SSSR count). The first-order valence-corrected chi connectivity index (χ1v) is 10.2. The Morgan fingerprint density at radius 2 is 1.83 bits per heavy atom. The van der Waals surface area contributed by atoms with Gasteiger partial charge in [-0.25, -0.2) is 4.98 Å². The number of fused-ring (bicyclic) bond motifs is 1. The fraction of sp³-hybridized carbons (Fsp3) is 0.200. The Bertz CT molecular complexity index is 1190. The van der Waals surface area contributed by atoms with E-state index in [0.717, 1.165) is 35.5 Å². The molecule has 0 fully saturated rings. The first-order chi connectivity index (χ1) is 14.5. The number of carbonyl (C=O) groups is 1. The average Bonchev–Trinajstić information content (AvgIpc) is 3.09. The lowest BCUT2D eigenvalue weighted by molar-refractivity contribution is 0.100. The highest BCUT2D eigenvalue weighted by Gasteiger charge is 2.15. The van der Waals surface area contributed by atoms with Crippen LogP contribution in [0.1, 0.15) is 32.9 Å². The van der Waals surface area contributed by atoms with Crippen molar-refractivity contribution in [2.24, 2.45) is 5.73 Å². The summed E-state index contributed by atoms with van der Waals surface area (Å²) >= 11 is 0. The molecule has 0 aliphatic rings. The smallest absolute Gasteiger partial charge is 0.248 e. The molecule has 0 saturated heterocycles. The van der Waals surface area contributed by atoms with Gasteiger partial charge in [-0.3, -0.25) is 9.36 Å². The largest absolute Gasteiger partial charge is 0.366 e. The van der Waals surface area contributed by atoms with E-state index in [1.165, 1.54) is 16.7 Å². The molecule has 4 aromatic rings. The molecule has 0 aliphatic carbocycles. The molecule has 30 heavy (non-hydrogen) atoms. The van der Waals surface area contributed by atoms with Gasteiger partial charge in [0.1, 0.15) is 5.82 Å². The molecule has 0 radical (unpaired) electrons. The molecule has 0 bridgehead atoms. The second-order valence-electron chi connectivity index (χ2n) is 7.63. The Morgan fingerprint density at radius 1 is 1.03 bits per heavy atom. The summed E-state index contributed by atoms with van der Waals surface area (Å²) in [4.78, 5) is 16.5. The van der Waals surface area contributed by atoms with Crippen molar-refractivity contribution in [3.05, 3.63) is 94.8 Å². The molecule has 1 heterocycles. The summed E-state index contributed by atoms with van der Waals surface area (Å²) < 4.78 is 2.17. The SMILES string of the molecule is Cc1ccc(-n2c(CNCCc3ccccc3)nc3cc(C(N)=O)ccc32)c(C)c1. The number of amides is 1. The van der Waals surface area contributed by atoms with Crippen molar-refractivity contribution in [2.45, 2.75) is 26.8 Å². The van der Waals surface area contributed by atoms with Crippen LogP contribution in [0.15, 0.2) is 66.7 Å². The van der Waals surface area contributed by atoms with E-state index in [1.54, 1.807) is 12.1 Å². The van der Waals surface area contributed by atoms with Crippen molar-refractivity contribution < 1.29 is 4.79 Å². The zero-order chi connectivity index (χ0) is 21.1. The molecule has 3 N–H and O–H groups in total. The Kier molecular flexibility index (Phi) is 5.63. The number of benzene rings is 3. The van der Waals surface area contributed by atoms with Crippen molar-refractivity contribution in [1.82, 2.24) is 14.9 Å². The number of carbonyl (C=O) groups excluding carboxylic acids is 1. The van der Waals surface area contributed by atoms with Crippen LogP contribution in [0.25, 0.3) is 16.7 Å². The van der Waals surface area contributed by atoms with Crippen LogP contribution < -0.4 is 11.1 Å². The van der Waals surface area contributed by atoms with Crippen molar-refractivity contribution in [3.8, 4) is 5.69 Å².